The molecule has 1 aromatic carbocycles. The summed E-state index contributed by atoms with van der Waals surface area (Å²) < 4.78 is 6.19. The molecule has 1 heterocycles. The van der Waals surface area contributed by atoms with Gasteiger partial charge in [0, 0.05) is 4.47 Å². The Bertz CT molecular complexity index is 515. The van der Waals surface area contributed by atoms with E-state index in [0.717, 1.165) is 15.9 Å². The summed E-state index contributed by atoms with van der Waals surface area (Å²) >= 11 is 3.40. The number of hydrogen-bond donors (Lipinski definition) is 2. The van der Waals surface area contributed by atoms with Crippen LogP contribution < -0.4 is 15.8 Å². The van der Waals surface area contributed by atoms with Gasteiger partial charge in [-0.15, -0.1) is 10.2 Å². The molecule has 0 bridgehead atoms. The fraction of sp³-hybridized carbons (Fsp3) is 0.0909. The van der Waals surface area contributed by atoms with Crippen molar-refractivity contribution in [2.24, 2.45) is 0 Å². The third kappa shape index (κ3) is 2.85. The highest BCUT2D eigenvalue weighted by Gasteiger charge is 2.04. The topological polar surface area (TPSA) is 73.1 Å². The van der Waals surface area contributed by atoms with Gasteiger partial charge in [-0.1, -0.05) is 15.9 Å². The number of rotatable bonds is 3. The van der Waals surface area contributed by atoms with E-state index in [0.29, 0.717) is 11.6 Å². The van der Waals surface area contributed by atoms with Crippen molar-refractivity contribution < 1.29 is 4.74 Å². The van der Waals surface area contributed by atoms with Crippen molar-refractivity contribution in [3.05, 3.63) is 34.8 Å². The Kier molecular flexibility index (Phi) is 3.43. The number of nitrogens with one attached hydrogen (secondary N) is 1. The van der Waals surface area contributed by atoms with E-state index in [-0.39, 0.29) is 0 Å². The van der Waals surface area contributed by atoms with Crippen LogP contribution in [0.2, 0.25) is 0 Å². The normalized spacial score (nSPS) is 10.0. The number of hydrogen-bond acceptors (Lipinski definition) is 5. The first kappa shape index (κ1) is 11.7. The number of benzene rings is 1. The highest BCUT2D eigenvalue weighted by molar-refractivity contribution is 9.10. The van der Waals surface area contributed by atoms with Gasteiger partial charge in [0.05, 0.1) is 12.8 Å². The average Bonchev–Trinajstić information content (AvgIpc) is 2.32. The third-order valence-electron chi connectivity index (χ3n) is 2.11. The fourth-order valence-electron chi connectivity index (χ4n) is 1.33. The summed E-state index contributed by atoms with van der Waals surface area (Å²) in [5, 5.41) is 10.8. The minimum Gasteiger partial charge on any atom is -0.495 e. The van der Waals surface area contributed by atoms with Gasteiger partial charge in [-0.3, -0.25) is 0 Å². The van der Waals surface area contributed by atoms with Gasteiger partial charge in [0.15, 0.2) is 5.82 Å². The molecule has 0 unspecified atom stereocenters. The zero-order valence-electron chi connectivity index (χ0n) is 9.14. The van der Waals surface area contributed by atoms with Gasteiger partial charge < -0.3 is 15.8 Å². The Morgan fingerprint density at radius 2 is 2.06 bits per heavy atom. The number of halogens is 1. The Labute approximate surface area is 107 Å². The van der Waals surface area contributed by atoms with Gasteiger partial charge in [-0.2, -0.15) is 0 Å². The summed E-state index contributed by atoms with van der Waals surface area (Å²) in [6.45, 7) is 0. The Morgan fingerprint density at radius 1 is 1.24 bits per heavy atom. The molecule has 1 aromatic heterocycles. The summed E-state index contributed by atoms with van der Waals surface area (Å²) in [5.41, 5.74) is 6.27. The molecular weight excluding hydrogens is 284 g/mol. The van der Waals surface area contributed by atoms with Gasteiger partial charge >= 0.3 is 0 Å². The van der Waals surface area contributed by atoms with Crippen molar-refractivity contribution in [1.82, 2.24) is 10.2 Å². The molecule has 17 heavy (non-hydrogen) atoms. The predicted molar refractivity (Wildman–Crippen MR) is 70.4 cm³/mol. The molecule has 2 rings (SSSR count). The molecule has 0 amide bonds. The minimum absolute atomic E-state index is 0.386. The van der Waals surface area contributed by atoms with Crippen LogP contribution in [0.1, 0.15) is 0 Å². The lowest BCUT2D eigenvalue weighted by Gasteiger charge is -2.10. The summed E-state index contributed by atoms with van der Waals surface area (Å²) in [5.74, 6) is 1.72. The maximum absolute atomic E-state index is 5.47. The maximum atomic E-state index is 5.47. The van der Waals surface area contributed by atoms with E-state index < -0.39 is 0 Å². The van der Waals surface area contributed by atoms with E-state index in [1.54, 1.807) is 19.2 Å². The second-order valence-electron chi connectivity index (χ2n) is 3.31. The number of nitrogens with zero attached hydrogens (tertiary/aromatic N) is 2. The molecule has 0 spiro atoms. The van der Waals surface area contributed by atoms with Gasteiger partial charge in [-0.25, -0.2) is 0 Å². The van der Waals surface area contributed by atoms with E-state index in [9.17, 15) is 0 Å². The summed E-state index contributed by atoms with van der Waals surface area (Å²) in [4.78, 5) is 0. The van der Waals surface area contributed by atoms with E-state index in [2.05, 4.69) is 31.4 Å². The Morgan fingerprint density at radius 3 is 2.71 bits per heavy atom. The molecule has 0 fully saturated rings. The zero-order valence-corrected chi connectivity index (χ0v) is 10.7. The molecule has 0 aliphatic rings. The number of methoxy groups -OCH3 is 1. The molecule has 0 saturated carbocycles. The van der Waals surface area contributed by atoms with Crippen molar-refractivity contribution in [3.63, 3.8) is 0 Å². The number of aromatic nitrogens is 2. The first-order chi connectivity index (χ1) is 8.19. The summed E-state index contributed by atoms with van der Waals surface area (Å²) in [6.07, 6.45) is 0. The number of ether oxygens (including phenoxy) is 1. The van der Waals surface area contributed by atoms with Gasteiger partial charge in [0.25, 0.3) is 0 Å². The van der Waals surface area contributed by atoms with Crippen molar-refractivity contribution in [2.75, 3.05) is 18.2 Å². The van der Waals surface area contributed by atoms with Crippen molar-refractivity contribution in [3.8, 4) is 5.75 Å². The first-order valence-electron chi connectivity index (χ1n) is 4.89. The van der Waals surface area contributed by atoms with E-state index in [1.165, 1.54) is 0 Å². The first-order valence-corrected chi connectivity index (χ1v) is 5.68. The van der Waals surface area contributed by atoms with E-state index in [4.69, 9.17) is 10.5 Å². The summed E-state index contributed by atoms with van der Waals surface area (Å²) in [6, 6.07) is 9.09. The van der Waals surface area contributed by atoms with Crippen LogP contribution in [-0.2, 0) is 0 Å². The monoisotopic (exact) mass is 294 g/mol. The molecule has 3 N–H and O–H groups in total. The van der Waals surface area contributed by atoms with Crippen molar-refractivity contribution in [2.45, 2.75) is 0 Å². The maximum Gasteiger partial charge on any atom is 0.153 e. The highest BCUT2D eigenvalue weighted by atomic mass is 79.9. The standard InChI is InChI=1S/C11H11BrN4O/c1-17-9-3-2-7(12)6-8(9)14-11-5-4-10(13)15-16-11/h2-6H,1H3,(H2,13,15)(H,14,16). The number of nitrogen functional groups attached to an aromatic ring is 1. The third-order valence-corrected chi connectivity index (χ3v) is 2.60. The van der Waals surface area contributed by atoms with E-state index >= 15 is 0 Å². The molecule has 0 radical (unpaired) electrons. The van der Waals surface area contributed by atoms with Crippen LogP contribution in [0, 0.1) is 0 Å². The quantitative estimate of drug-likeness (QED) is 0.910. The van der Waals surface area contributed by atoms with Crippen molar-refractivity contribution >= 4 is 33.3 Å². The molecule has 0 atom stereocenters. The summed E-state index contributed by atoms with van der Waals surface area (Å²) in [7, 11) is 1.61. The van der Waals surface area contributed by atoms with Crippen LogP contribution in [0.15, 0.2) is 34.8 Å². The SMILES string of the molecule is COc1ccc(Br)cc1Nc1ccc(N)nn1. The Hall–Kier alpha value is -1.82. The Balaban J connectivity index is 2.28. The number of anilines is 3. The average molecular weight is 295 g/mol. The lowest BCUT2D eigenvalue weighted by molar-refractivity contribution is 0.416. The lowest BCUT2D eigenvalue weighted by atomic mass is 10.3. The second-order valence-corrected chi connectivity index (χ2v) is 4.23. The molecule has 0 saturated heterocycles. The van der Waals surface area contributed by atoms with Gasteiger partial charge in [-0.05, 0) is 30.3 Å². The highest BCUT2D eigenvalue weighted by Crippen LogP contribution is 2.29. The fourth-order valence-corrected chi connectivity index (χ4v) is 1.69. The molecule has 6 heteroatoms. The molecule has 2 aromatic rings. The largest absolute Gasteiger partial charge is 0.495 e. The smallest absolute Gasteiger partial charge is 0.153 e. The van der Waals surface area contributed by atoms with Gasteiger partial charge in [0.1, 0.15) is 11.6 Å². The van der Waals surface area contributed by atoms with Crippen LogP contribution >= 0.6 is 15.9 Å². The molecular formula is C11H11BrN4O. The zero-order chi connectivity index (χ0) is 12.3. The number of nitrogens with two attached hydrogens (primary N) is 1. The van der Waals surface area contributed by atoms with Crippen LogP contribution in [0.3, 0.4) is 0 Å². The molecule has 5 nitrogen and oxygen atoms in total. The molecule has 0 aliphatic carbocycles. The minimum atomic E-state index is 0.386. The van der Waals surface area contributed by atoms with Crippen LogP contribution in [0.5, 0.6) is 5.75 Å². The lowest BCUT2D eigenvalue weighted by Crippen LogP contribution is -1.99. The predicted octanol–water partition coefficient (Wildman–Crippen LogP) is 2.57. The van der Waals surface area contributed by atoms with Crippen LogP contribution in [0.4, 0.5) is 17.3 Å². The van der Waals surface area contributed by atoms with Crippen molar-refractivity contribution in [1.29, 1.82) is 0 Å². The molecule has 88 valence electrons. The molecule has 0 aliphatic heterocycles. The van der Waals surface area contributed by atoms with Gasteiger partial charge in [0.2, 0.25) is 0 Å². The van der Waals surface area contributed by atoms with Crippen LogP contribution in [0.25, 0.3) is 0 Å². The van der Waals surface area contributed by atoms with E-state index in [1.807, 2.05) is 18.2 Å². The van der Waals surface area contributed by atoms with Crippen LogP contribution in [-0.4, -0.2) is 17.3 Å². The second kappa shape index (κ2) is 5.01.